The molecule has 0 fully saturated rings. The van der Waals surface area contributed by atoms with E-state index in [1.807, 2.05) is 18.2 Å². The molecule has 5 nitrogen and oxygen atoms in total. The molecule has 0 bridgehead atoms. The molecule has 0 amide bonds. The van der Waals surface area contributed by atoms with Gasteiger partial charge in [0, 0.05) is 5.69 Å². The molecule has 0 unspecified atom stereocenters. The van der Waals surface area contributed by atoms with E-state index in [0.717, 1.165) is 19.3 Å². The fourth-order valence-electron chi connectivity index (χ4n) is 2.37. The maximum Gasteiger partial charge on any atom is 0.397 e. The van der Waals surface area contributed by atoms with Crippen LogP contribution >= 0.6 is 0 Å². The lowest BCUT2D eigenvalue weighted by molar-refractivity contribution is 0.212. The third kappa shape index (κ3) is 3.88. The van der Waals surface area contributed by atoms with Gasteiger partial charge in [0.25, 0.3) is 0 Å². The molecule has 2 aromatic carbocycles. The Morgan fingerprint density at radius 1 is 1.09 bits per heavy atom. The summed E-state index contributed by atoms with van der Waals surface area (Å²) in [6, 6.07) is 15.2. The number of aromatic nitrogens is 1. The minimum atomic E-state index is -0.464. The van der Waals surface area contributed by atoms with Crippen molar-refractivity contribution in [2.45, 2.75) is 19.3 Å². The smallest absolute Gasteiger partial charge is 0.397 e. The van der Waals surface area contributed by atoms with Crippen molar-refractivity contribution >= 4 is 16.6 Å². The predicted molar refractivity (Wildman–Crippen MR) is 89.6 cm³/mol. The molecule has 118 valence electrons. The number of nitrogens with zero attached hydrogens (tertiary/aromatic N) is 1. The third-order valence-electron chi connectivity index (χ3n) is 3.56. The van der Waals surface area contributed by atoms with E-state index >= 15 is 0 Å². The van der Waals surface area contributed by atoms with Crippen LogP contribution in [0.5, 0.6) is 6.08 Å². The highest BCUT2D eigenvalue weighted by molar-refractivity contribution is 5.80. The molecule has 0 atom stereocenters. The van der Waals surface area contributed by atoms with Gasteiger partial charge >= 0.3 is 11.7 Å². The van der Waals surface area contributed by atoms with E-state index in [0.29, 0.717) is 23.2 Å². The second kappa shape index (κ2) is 6.96. The summed E-state index contributed by atoms with van der Waals surface area (Å²) < 4.78 is 10.5. The van der Waals surface area contributed by atoms with Crippen LogP contribution in [0.4, 0.5) is 5.69 Å². The molecule has 0 aliphatic heterocycles. The van der Waals surface area contributed by atoms with E-state index in [1.54, 1.807) is 18.2 Å². The van der Waals surface area contributed by atoms with Crippen LogP contribution in [-0.4, -0.2) is 11.6 Å². The second-order valence-corrected chi connectivity index (χ2v) is 5.33. The van der Waals surface area contributed by atoms with Crippen LogP contribution in [-0.2, 0) is 6.42 Å². The monoisotopic (exact) mass is 310 g/mol. The molecule has 3 rings (SSSR count). The highest BCUT2D eigenvalue weighted by atomic mass is 16.6. The van der Waals surface area contributed by atoms with Crippen molar-refractivity contribution < 1.29 is 9.15 Å². The Kier molecular flexibility index (Phi) is 4.57. The van der Waals surface area contributed by atoms with Crippen LogP contribution in [0.25, 0.3) is 10.9 Å². The molecular formula is C18H18N2O3. The number of rotatable bonds is 6. The van der Waals surface area contributed by atoms with Crippen LogP contribution in [0.2, 0.25) is 0 Å². The number of unbranched alkanes of at least 4 members (excludes halogenated alkanes) is 1. The van der Waals surface area contributed by atoms with Gasteiger partial charge in [-0.15, -0.1) is 0 Å². The number of anilines is 1. The summed E-state index contributed by atoms with van der Waals surface area (Å²) in [4.78, 5) is 16.0. The van der Waals surface area contributed by atoms with E-state index < -0.39 is 5.63 Å². The minimum absolute atomic E-state index is 0.00666. The van der Waals surface area contributed by atoms with Crippen LogP contribution in [0.1, 0.15) is 18.4 Å². The fourth-order valence-corrected chi connectivity index (χ4v) is 2.37. The molecule has 1 aromatic heterocycles. The van der Waals surface area contributed by atoms with Crippen LogP contribution in [0, 0.1) is 0 Å². The van der Waals surface area contributed by atoms with E-state index in [1.165, 1.54) is 5.56 Å². The number of fused-ring (bicyclic) bond motifs is 1. The van der Waals surface area contributed by atoms with Gasteiger partial charge in [0.2, 0.25) is 0 Å². The molecule has 1 heterocycles. The summed E-state index contributed by atoms with van der Waals surface area (Å²) in [6.45, 7) is 0.455. The average molecular weight is 310 g/mol. The van der Waals surface area contributed by atoms with Gasteiger partial charge in [-0.05, 0) is 43.0 Å². The summed E-state index contributed by atoms with van der Waals surface area (Å²) in [6.07, 6.45) is 2.84. The lowest BCUT2D eigenvalue weighted by atomic mass is 10.1. The van der Waals surface area contributed by atoms with Crippen LogP contribution < -0.4 is 16.1 Å². The van der Waals surface area contributed by atoms with Crippen molar-refractivity contribution in [1.82, 2.24) is 4.98 Å². The first-order chi connectivity index (χ1) is 11.2. The first kappa shape index (κ1) is 15.1. The molecular weight excluding hydrogens is 292 g/mol. The Bertz CT molecular complexity index is 844. The van der Waals surface area contributed by atoms with Crippen molar-refractivity contribution in [3.8, 4) is 6.08 Å². The first-order valence-corrected chi connectivity index (χ1v) is 7.59. The van der Waals surface area contributed by atoms with Crippen LogP contribution in [0.3, 0.4) is 0 Å². The lowest BCUT2D eigenvalue weighted by Gasteiger charge is -2.05. The minimum Gasteiger partial charge on any atom is -0.450 e. The zero-order valence-electron chi connectivity index (χ0n) is 12.7. The lowest BCUT2D eigenvalue weighted by Crippen LogP contribution is -2.06. The largest absolute Gasteiger partial charge is 0.450 e. The summed E-state index contributed by atoms with van der Waals surface area (Å²) in [5.41, 5.74) is 7.58. The van der Waals surface area contributed by atoms with E-state index in [-0.39, 0.29) is 6.08 Å². The number of hydrogen-bond acceptors (Lipinski definition) is 5. The number of nitrogen functional groups attached to an aromatic ring is 1. The highest BCUT2D eigenvalue weighted by Crippen LogP contribution is 2.15. The maximum atomic E-state index is 11.9. The molecule has 5 heteroatoms. The van der Waals surface area contributed by atoms with Gasteiger partial charge < -0.3 is 14.9 Å². The summed E-state index contributed by atoms with van der Waals surface area (Å²) >= 11 is 0. The van der Waals surface area contributed by atoms with Crippen molar-refractivity contribution in [1.29, 1.82) is 0 Å². The van der Waals surface area contributed by atoms with E-state index in [2.05, 4.69) is 17.1 Å². The third-order valence-corrected chi connectivity index (χ3v) is 3.56. The molecule has 23 heavy (non-hydrogen) atoms. The molecule has 0 spiro atoms. The van der Waals surface area contributed by atoms with Gasteiger partial charge in [0.05, 0.1) is 17.5 Å². The normalized spacial score (nSPS) is 10.8. The molecule has 3 aromatic rings. The van der Waals surface area contributed by atoms with Crippen molar-refractivity contribution in [3.05, 3.63) is 64.5 Å². The van der Waals surface area contributed by atoms with Crippen molar-refractivity contribution in [2.24, 2.45) is 0 Å². The Morgan fingerprint density at radius 2 is 1.91 bits per heavy atom. The molecule has 0 aliphatic rings. The number of benzene rings is 2. The summed E-state index contributed by atoms with van der Waals surface area (Å²) in [5, 5.41) is 0.399. The number of nitrogens with two attached hydrogens (primary N) is 1. The second-order valence-electron chi connectivity index (χ2n) is 5.33. The predicted octanol–water partition coefficient (Wildman–Crippen LogP) is 3.17. The van der Waals surface area contributed by atoms with Gasteiger partial charge in [-0.25, -0.2) is 4.79 Å². The zero-order valence-corrected chi connectivity index (χ0v) is 12.7. The Morgan fingerprint density at radius 3 is 2.74 bits per heavy atom. The topological polar surface area (TPSA) is 78.4 Å². The van der Waals surface area contributed by atoms with Gasteiger partial charge in [-0.2, -0.15) is 4.98 Å². The van der Waals surface area contributed by atoms with E-state index in [4.69, 9.17) is 14.9 Å². The van der Waals surface area contributed by atoms with E-state index in [9.17, 15) is 4.79 Å². The number of ether oxygens (including phenoxy) is 1. The molecule has 0 saturated heterocycles. The van der Waals surface area contributed by atoms with Gasteiger partial charge in [-0.3, -0.25) is 0 Å². The average Bonchev–Trinajstić information content (AvgIpc) is 2.55. The fraction of sp³-hybridized carbons (Fsp3) is 0.222. The maximum absolute atomic E-state index is 11.9. The molecule has 0 aliphatic carbocycles. The Balaban J connectivity index is 1.56. The van der Waals surface area contributed by atoms with Gasteiger partial charge in [0.15, 0.2) is 0 Å². The quantitative estimate of drug-likeness (QED) is 0.559. The van der Waals surface area contributed by atoms with Crippen molar-refractivity contribution in [3.63, 3.8) is 0 Å². The van der Waals surface area contributed by atoms with Crippen molar-refractivity contribution in [2.75, 3.05) is 12.3 Å². The Hall–Kier alpha value is -2.82. The van der Waals surface area contributed by atoms with Gasteiger partial charge in [-0.1, -0.05) is 30.3 Å². The van der Waals surface area contributed by atoms with Crippen LogP contribution in [0.15, 0.2) is 57.7 Å². The number of hydrogen-bond donors (Lipinski definition) is 1. The van der Waals surface area contributed by atoms with Gasteiger partial charge in [0.1, 0.15) is 0 Å². The first-order valence-electron chi connectivity index (χ1n) is 7.59. The molecule has 0 radical (unpaired) electrons. The highest BCUT2D eigenvalue weighted by Gasteiger charge is 2.07. The SMILES string of the molecule is Nc1ccc2c(=O)oc(OCCCCc3ccccc3)nc2c1. The summed E-state index contributed by atoms with van der Waals surface area (Å²) in [5.74, 6) is 0. The molecule has 2 N–H and O–H groups in total. The molecule has 0 saturated carbocycles. The number of aryl methyl sites for hydroxylation is 1. The Labute approximate surface area is 133 Å². The standard InChI is InChI=1S/C18H18N2O3/c19-14-9-10-15-16(12-14)20-18(23-17(15)21)22-11-5-4-8-13-6-2-1-3-7-13/h1-3,6-7,9-10,12H,4-5,8,11,19H2. The zero-order chi connectivity index (χ0) is 16.1. The summed E-state index contributed by atoms with van der Waals surface area (Å²) in [7, 11) is 0.